The fourth-order valence-electron chi connectivity index (χ4n) is 2.84. The molecule has 1 aromatic carbocycles. The summed E-state index contributed by atoms with van der Waals surface area (Å²) in [7, 11) is 0. The van der Waals surface area contributed by atoms with E-state index in [0.717, 1.165) is 49.4 Å². The third kappa shape index (κ3) is 4.20. The van der Waals surface area contributed by atoms with Gasteiger partial charge in [-0.05, 0) is 44.5 Å². The van der Waals surface area contributed by atoms with Crippen molar-refractivity contribution in [1.29, 1.82) is 5.26 Å². The Kier molecular flexibility index (Phi) is 5.60. The predicted octanol–water partition coefficient (Wildman–Crippen LogP) is 2.67. The number of hydrogen-bond donors (Lipinski definition) is 1. The number of ether oxygens (including phenoxy) is 1. The van der Waals surface area contributed by atoms with Crippen LogP contribution in [0.4, 0.5) is 5.69 Å². The molecule has 4 nitrogen and oxygen atoms in total. The van der Waals surface area contributed by atoms with Crippen LogP contribution < -0.4 is 10.2 Å². The van der Waals surface area contributed by atoms with Gasteiger partial charge in [0.25, 0.3) is 0 Å². The van der Waals surface area contributed by atoms with Gasteiger partial charge in [0.1, 0.15) is 6.07 Å². The summed E-state index contributed by atoms with van der Waals surface area (Å²) in [5.41, 5.74) is 2.95. The first-order valence-electron chi connectivity index (χ1n) is 7.78. The quantitative estimate of drug-likeness (QED) is 0.846. The van der Waals surface area contributed by atoms with Crippen LogP contribution in [-0.4, -0.2) is 31.8 Å². The second kappa shape index (κ2) is 7.44. The maximum absolute atomic E-state index is 9.45. The summed E-state index contributed by atoms with van der Waals surface area (Å²) in [5.74, 6) is 0. The molecule has 1 aliphatic heterocycles. The molecule has 0 radical (unpaired) electrons. The van der Waals surface area contributed by atoms with Gasteiger partial charge in [0.2, 0.25) is 0 Å². The van der Waals surface area contributed by atoms with Crippen molar-refractivity contribution in [3.8, 4) is 6.07 Å². The maximum Gasteiger partial charge on any atom is 0.101 e. The predicted molar refractivity (Wildman–Crippen MR) is 85.4 cm³/mol. The third-order valence-corrected chi connectivity index (χ3v) is 3.70. The Bertz CT molecular complexity index is 499. The van der Waals surface area contributed by atoms with Crippen molar-refractivity contribution >= 4 is 5.69 Å². The maximum atomic E-state index is 9.45. The lowest BCUT2D eigenvalue weighted by Crippen LogP contribution is -2.45. The van der Waals surface area contributed by atoms with Crippen LogP contribution in [-0.2, 0) is 11.3 Å². The van der Waals surface area contributed by atoms with Gasteiger partial charge in [-0.2, -0.15) is 5.26 Å². The zero-order valence-electron chi connectivity index (χ0n) is 13.2. The van der Waals surface area contributed by atoms with Crippen molar-refractivity contribution in [3.05, 3.63) is 29.3 Å². The number of morpholine rings is 1. The van der Waals surface area contributed by atoms with E-state index in [9.17, 15) is 5.26 Å². The number of anilines is 1. The number of nitrogens with zero attached hydrogens (tertiary/aromatic N) is 2. The third-order valence-electron chi connectivity index (χ3n) is 3.70. The number of rotatable bonds is 5. The molecule has 0 saturated carbocycles. The highest BCUT2D eigenvalue weighted by atomic mass is 16.5. The number of nitrogens with one attached hydrogen (secondary N) is 1. The molecule has 1 fully saturated rings. The Morgan fingerprint density at radius 3 is 2.67 bits per heavy atom. The van der Waals surface area contributed by atoms with E-state index in [1.807, 2.05) is 6.07 Å². The van der Waals surface area contributed by atoms with Gasteiger partial charge in [0.05, 0.1) is 23.5 Å². The van der Waals surface area contributed by atoms with Crippen molar-refractivity contribution < 1.29 is 4.74 Å². The molecule has 4 heteroatoms. The van der Waals surface area contributed by atoms with Crippen LogP contribution in [0.1, 0.15) is 38.3 Å². The van der Waals surface area contributed by atoms with E-state index < -0.39 is 0 Å². The number of nitriles is 1. The number of hydrogen-bond acceptors (Lipinski definition) is 4. The molecule has 2 unspecified atom stereocenters. The molecular weight excluding hydrogens is 262 g/mol. The van der Waals surface area contributed by atoms with Gasteiger partial charge < -0.3 is 15.0 Å². The van der Waals surface area contributed by atoms with Crippen molar-refractivity contribution in [2.45, 2.75) is 45.9 Å². The lowest BCUT2D eigenvalue weighted by atomic mass is 10.1. The lowest BCUT2D eigenvalue weighted by molar-refractivity contribution is -0.00522. The van der Waals surface area contributed by atoms with Crippen LogP contribution in [0.3, 0.4) is 0 Å². The zero-order valence-corrected chi connectivity index (χ0v) is 13.2. The Labute approximate surface area is 127 Å². The summed E-state index contributed by atoms with van der Waals surface area (Å²) in [6.45, 7) is 9.81. The molecule has 1 N–H and O–H groups in total. The second-order valence-electron chi connectivity index (χ2n) is 5.80. The molecule has 0 amide bonds. The summed E-state index contributed by atoms with van der Waals surface area (Å²) in [5, 5.41) is 12.8. The highest BCUT2D eigenvalue weighted by Crippen LogP contribution is 2.25. The molecule has 2 atom stereocenters. The summed E-state index contributed by atoms with van der Waals surface area (Å²) >= 11 is 0. The molecular formula is C17H25N3O. The van der Waals surface area contributed by atoms with Crippen molar-refractivity contribution in [1.82, 2.24) is 5.32 Å². The minimum absolute atomic E-state index is 0.200. The van der Waals surface area contributed by atoms with E-state index in [0.29, 0.717) is 0 Å². The first-order valence-corrected chi connectivity index (χ1v) is 7.78. The molecule has 1 aliphatic rings. The molecule has 1 heterocycles. The summed E-state index contributed by atoms with van der Waals surface area (Å²) in [6.07, 6.45) is 1.52. The minimum atomic E-state index is 0.200. The summed E-state index contributed by atoms with van der Waals surface area (Å²) in [4.78, 5) is 2.26. The number of benzene rings is 1. The van der Waals surface area contributed by atoms with Gasteiger partial charge in [0.15, 0.2) is 0 Å². The summed E-state index contributed by atoms with van der Waals surface area (Å²) in [6, 6.07) is 8.54. The normalized spacial score (nSPS) is 22.1. The van der Waals surface area contributed by atoms with E-state index in [1.165, 1.54) is 0 Å². The fraction of sp³-hybridized carbons (Fsp3) is 0.588. The largest absolute Gasteiger partial charge is 0.372 e. The second-order valence-corrected chi connectivity index (χ2v) is 5.80. The smallest absolute Gasteiger partial charge is 0.101 e. The van der Waals surface area contributed by atoms with Gasteiger partial charge in [0, 0.05) is 19.6 Å². The Morgan fingerprint density at radius 2 is 2.05 bits per heavy atom. The van der Waals surface area contributed by atoms with E-state index in [2.05, 4.69) is 49.2 Å². The fourth-order valence-corrected chi connectivity index (χ4v) is 2.84. The molecule has 0 bridgehead atoms. The first kappa shape index (κ1) is 15.8. The monoisotopic (exact) mass is 287 g/mol. The zero-order chi connectivity index (χ0) is 15.2. The van der Waals surface area contributed by atoms with Gasteiger partial charge in [-0.15, -0.1) is 0 Å². The van der Waals surface area contributed by atoms with Gasteiger partial charge in [-0.25, -0.2) is 0 Å². The first-order chi connectivity index (χ1) is 10.1. The van der Waals surface area contributed by atoms with Crippen LogP contribution >= 0.6 is 0 Å². The van der Waals surface area contributed by atoms with E-state index >= 15 is 0 Å². The Hall–Kier alpha value is -1.57. The molecule has 0 aliphatic carbocycles. The topological polar surface area (TPSA) is 48.3 Å². The lowest BCUT2D eigenvalue weighted by Gasteiger charge is -2.37. The van der Waals surface area contributed by atoms with Gasteiger partial charge >= 0.3 is 0 Å². The molecule has 21 heavy (non-hydrogen) atoms. The van der Waals surface area contributed by atoms with E-state index in [4.69, 9.17) is 4.74 Å². The van der Waals surface area contributed by atoms with Crippen LogP contribution in [0.25, 0.3) is 0 Å². The van der Waals surface area contributed by atoms with Crippen LogP contribution in [0.2, 0.25) is 0 Å². The molecule has 114 valence electrons. The Balaban J connectivity index is 2.14. The van der Waals surface area contributed by atoms with Crippen LogP contribution in [0.15, 0.2) is 18.2 Å². The van der Waals surface area contributed by atoms with Crippen molar-refractivity contribution in [2.24, 2.45) is 0 Å². The summed E-state index contributed by atoms with van der Waals surface area (Å²) < 4.78 is 5.77. The molecule has 1 aromatic rings. The molecule has 0 aromatic heterocycles. The highest BCUT2D eigenvalue weighted by Gasteiger charge is 2.24. The van der Waals surface area contributed by atoms with Crippen LogP contribution in [0.5, 0.6) is 0 Å². The average Bonchev–Trinajstić information content (AvgIpc) is 2.46. The Morgan fingerprint density at radius 1 is 1.33 bits per heavy atom. The molecule has 0 spiro atoms. The average molecular weight is 287 g/mol. The molecule has 1 saturated heterocycles. The van der Waals surface area contributed by atoms with E-state index in [-0.39, 0.29) is 12.2 Å². The SMILES string of the molecule is CCCNCc1ccc(N2CC(C)OC(C)C2)c(C#N)c1. The highest BCUT2D eigenvalue weighted by molar-refractivity contribution is 5.61. The van der Waals surface area contributed by atoms with E-state index in [1.54, 1.807) is 0 Å². The standard InChI is InChI=1S/C17H25N3O/c1-4-7-19-10-15-5-6-17(16(8-15)9-18)20-11-13(2)21-14(3)12-20/h5-6,8,13-14,19H,4,7,10-12H2,1-3H3. The van der Waals surface area contributed by atoms with Gasteiger partial charge in [-0.1, -0.05) is 13.0 Å². The molecule has 2 rings (SSSR count). The van der Waals surface area contributed by atoms with Crippen LogP contribution in [0, 0.1) is 11.3 Å². The minimum Gasteiger partial charge on any atom is -0.372 e. The van der Waals surface area contributed by atoms with Gasteiger partial charge in [-0.3, -0.25) is 0 Å². The van der Waals surface area contributed by atoms with Crippen molar-refractivity contribution in [3.63, 3.8) is 0 Å². The van der Waals surface area contributed by atoms with Crippen molar-refractivity contribution in [2.75, 3.05) is 24.5 Å².